The van der Waals surface area contributed by atoms with Gasteiger partial charge in [-0.15, -0.1) is 16.4 Å². The molecule has 2 aromatic heterocycles. The first kappa shape index (κ1) is 9.21. The molecule has 0 aromatic carbocycles. The lowest BCUT2D eigenvalue weighted by Crippen LogP contribution is -1.99. The van der Waals surface area contributed by atoms with Crippen molar-refractivity contribution in [1.82, 2.24) is 14.8 Å². The van der Waals surface area contributed by atoms with Gasteiger partial charge in [0.15, 0.2) is 0 Å². The van der Waals surface area contributed by atoms with E-state index in [4.69, 9.17) is 5.73 Å². The Balaban J connectivity index is 2.10. The van der Waals surface area contributed by atoms with E-state index in [1.54, 1.807) is 11.0 Å². The van der Waals surface area contributed by atoms with Crippen molar-refractivity contribution in [2.45, 2.75) is 19.9 Å². The van der Waals surface area contributed by atoms with Gasteiger partial charge in [-0.1, -0.05) is 6.92 Å². The maximum atomic E-state index is 5.42. The Hall–Kier alpha value is -1.36. The van der Waals surface area contributed by atoms with Crippen molar-refractivity contribution in [2.75, 3.05) is 5.73 Å². The highest BCUT2D eigenvalue weighted by Gasteiger charge is 2.01. The van der Waals surface area contributed by atoms with Gasteiger partial charge in [0.05, 0.1) is 6.54 Å². The molecule has 0 aliphatic rings. The molecule has 0 spiro atoms. The minimum Gasteiger partial charge on any atom is -0.367 e. The first-order chi connectivity index (χ1) is 6.78. The molecule has 0 saturated heterocycles. The fourth-order valence-corrected chi connectivity index (χ4v) is 2.19. The molecule has 0 saturated carbocycles. The number of nitrogens with zero attached hydrogens (tertiary/aromatic N) is 3. The summed E-state index contributed by atoms with van der Waals surface area (Å²) < 4.78 is 1.75. The van der Waals surface area contributed by atoms with Gasteiger partial charge in [-0.3, -0.25) is 0 Å². The Morgan fingerprint density at radius 3 is 2.79 bits per heavy atom. The third-order valence-corrected chi connectivity index (χ3v) is 3.15. The van der Waals surface area contributed by atoms with Crippen LogP contribution in [-0.2, 0) is 13.0 Å². The summed E-state index contributed by atoms with van der Waals surface area (Å²) in [6, 6.07) is 4.28. The molecule has 0 radical (unpaired) electrons. The van der Waals surface area contributed by atoms with Gasteiger partial charge < -0.3 is 5.73 Å². The standard InChI is InChI=1S/C9H12N4S/c1-2-7-3-4-8(14-7)5-13-6-11-9(10)12-13/h3-4,6H,2,5H2,1H3,(H2,10,12). The number of hydrogen-bond donors (Lipinski definition) is 1. The maximum Gasteiger partial charge on any atom is 0.239 e. The van der Waals surface area contributed by atoms with Gasteiger partial charge in [0.2, 0.25) is 5.95 Å². The van der Waals surface area contributed by atoms with Crippen LogP contribution in [0.25, 0.3) is 0 Å². The van der Waals surface area contributed by atoms with Crippen LogP contribution in [0.3, 0.4) is 0 Å². The second-order valence-electron chi connectivity index (χ2n) is 3.02. The summed E-state index contributed by atoms with van der Waals surface area (Å²) in [6.07, 6.45) is 2.74. The lowest BCUT2D eigenvalue weighted by atomic mass is 10.4. The van der Waals surface area contributed by atoms with Crippen LogP contribution in [0.4, 0.5) is 5.95 Å². The van der Waals surface area contributed by atoms with Crippen LogP contribution in [0.1, 0.15) is 16.7 Å². The van der Waals surface area contributed by atoms with E-state index < -0.39 is 0 Å². The van der Waals surface area contributed by atoms with Gasteiger partial charge in [-0.05, 0) is 18.6 Å². The van der Waals surface area contributed by atoms with Crippen LogP contribution in [0.15, 0.2) is 18.5 Å². The molecule has 2 aromatic rings. The summed E-state index contributed by atoms with van der Waals surface area (Å²) >= 11 is 1.81. The van der Waals surface area contributed by atoms with E-state index in [0.29, 0.717) is 5.95 Å². The number of thiophene rings is 1. The van der Waals surface area contributed by atoms with E-state index in [1.807, 2.05) is 11.3 Å². The fraction of sp³-hybridized carbons (Fsp3) is 0.333. The largest absolute Gasteiger partial charge is 0.367 e. The quantitative estimate of drug-likeness (QED) is 0.832. The number of nitrogen functional groups attached to an aromatic ring is 1. The predicted molar refractivity (Wildman–Crippen MR) is 57.2 cm³/mol. The summed E-state index contributed by atoms with van der Waals surface area (Å²) in [6.45, 7) is 2.91. The Bertz CT molecular complexity index is 418. The third kappa shape index (κ3) is 1.93. The molecule has 14 heavy (non-hydrogen) atoms. The zero-order chi connectivity index (χ0) is 9.97. The van der Waals surface area contributed by atoms with Crippen LogP contribution >= 0.6 is 11.3 Å². The van der Waals surface area contributed by atoms with Gasteiger partial charge in [0, 0.05) is 9.75 Å². The first-order valence-corrected chi connectivity index (χ1v) is 5.32. The molecule has 0 unspecified atom stereocenters. The van der Waals surface area contributed by atoms with Crippen LogP contribution in [0, 0.1) is 0 Å². The number of nitrogens with two attached hydrogens (primary N) is 1. The molecule has 2 N–H and O–H groups in total. The highest BCUT2D eigenvalue weighted by Crippen LogP contribution is 2.17. The van der Waals surface area contributed by atoms with E-state index >= 15 is 0 Å². The number of rotatable bonds is 3. The van der Waals surface area contributed by atoms with E-state index in [2.05, 4.69) is 29.1 Å². The first-order valence-electron chi connectivity index (χ1n) is 4.50. The van der Waals surface area contributed by atoms with Crippen LogP contribution in [0.2, 0.25) is 0 Å². The van der Waals surface area contributed by atoms with Crippen molar-refractivity contribution in [3.05, 3.63) is 28.2 Å². The second kappa shape index (κ2) is 3.79. The van der Waals surface area contributed by atoms with E-state index in [1.165, 1.54) is 9.75 Å². The van der Waals surface area contributed by atoms with Crippen molar-refractivity contribution in [2.24, 2.45) is 0 Å². The van der Waals surface area contributed by atoms with Crippen molar-refractivity contribution >= 4 is 17.3 Å². The number of aromatic nitrogens is 3. The number of anilines is 1. The molecule has 0 amide bonds. The summed E-state index contributed by atoms with van der Waals surface area (Å²) in [5.41, 5.74) is 5.42. The average molecular weight is 208 g/mol. The molecule has 2 heterocycles. The van der Waals surface area contributed by atoms with Crippen molar-refractivity contribution in [3.8, 4) is 0 Å². The van der Waals surface area contributed by atoms with Gasteiger partial charge in [0.1, 0.15) is 6.33 Å². The smallest absolute Gasteiger partial charge is 0.239 e. The van der Waals surface area contributed by atoms with E-state index in [-0.39, 0.29) is 0 Å². The average Bonchev–Trinajstić information content (AvgIpc) is 2.76. The molecule has 0 atom stereocenters. The minimum atomic E-state index is 0.331. The molecular formula is C9H12N4S. The second-order valence-corrected chi connectivity index (χ2v) is 4.27. The highest BCUT2D eigenvalue weighted by molar-refractivity contribution is 7.11. The summed E-state index contributed by atoms with van der Waals surface area (Å²) in [5.74, 6) is 0.331. The fourth-order valence-electron chi connectivity index (χ4n) is 1.24. The Morgan fingerprint density at radius 2 is 2.21 bits per heavy atom. The van der Waals surface area contributed by atoms with Gasteiger partial charge >= 0.3 is 0 Å². The molecule has 0 aliphatic heterocycles. The molecule has 0 aliphatic carbocycles. The molecule has 2 rings (SSSR count). The molecular weight excluding hydrogens is 196 g/mol. The summed E-state index contributed by atoms with van der Waals surface area (Å²) in [7, 11) is 0. The van der Waals surface area contributed by atoms with E-state index in [0.717, 1.165) is 13.0 Å². The van der Waals surface area contributed by atoms with Crippen LogP contribution in [-0.4, -0.2) is 14.8 Å². The Morgan fingerprint density at radius 1 is 1.43 bits per heavy atom. The lowest BCUT2D eigenvalue weighted by molar-refractivity contribution is 0.695. The number of aryl methyl sites for hydroxylation is 1. The lowest BCUT2D eigenvalue weighted by Gasteiger charge is -1.95. The normalized spacial score (nSPS) is 10.6. The monoisotopic (exact) mass is 208 g/mol. The third-order valence-electron chi connectivity index (χ3n) is 1.94. The zero-order valence-electron chi connectivity index (χ0n) is 7.97. The van der Waals surface area contributed by atoms with Gasteiger partial charge in [0.25, 0.3) is 0 Å². The van der Waals surface area contributed by atoms with Crippen LogP contribution in [0.5, 0.6) is 0 Å². The molecule has 74 valence electrons. The molecule has 5 heteroatoms. The highest BCUT2D eigenvalue weighted by atomic mass is 32.1. The van der Waals surface area contributed by atoms with Gasteiger partial charge in [-0.25, -0.2) is 9.67 Å². The maximum absolute atomic E-state index is 5.42. The van der Waals surface area contributed by atoms with Crippen molar-refractivity contribution < 1.29 is 0 Å². The van der Waals surface area contributed by atoms with E-state index in [9.17, 15) is 0 Å². The Kier molecular flexibility index (Phi) is 2.49. The molecule has 4 nitrogen and oxygen atoms in total. The van der Waals surface area contributed by atoms with Gasteiger partial charge in [-0.2, -0.15) is 0 Å². The minimum absolute atomic E-state index is 0.331. The topological polar surface area (TPSA) is 56.7 Å². The van der Waals surface area contributed by atoms with Crippen molar-refractivity contribution in [1.29, 1.82) is 0 Å². The summed E-state index contributed by atoms with van der Waals surface area (Å²) in [4.78, 5) is 6.55. The van der Waals surface area contributed by atoms with Crippen molar-refractivity contribution in [3.63, 3.8) is 0 Å². The van der Waals surface area contributed by atoms with Crippen LogP contribution < -0.4 is 5.73 Å². The molecule has 0 bridgehead atoms. The Labute approximate surface area is 86.4 Å². The SMILES string of the molecule is CCc1ccc(Cn2cnc(N)n2)s1. The summed E-state index contributed by atoms with van der Waals surface area (Å²) in [5, 5.41) is 4.03. The predicted octanol–water partition coefficient (Wildman–Crippen LogP) is 1.53. The zero-order valence-corrected chi connectivity index (χ0v) is 8.79. The number of hydrogen-bond acceptors (Lipinski definition) is 4. The molecule has 0 fully saturated rings.